The van der Waals surface area contributed by atoms with Crippen molar-refractivity contribution in [2.45, 2.75) is 59.0 Å². The highest BCUT2D eigenvalue weighted by Gasteiger charge is 2.26. The van der Waals surface area contributed by atoms with Gasteiger partial charge in [0.1, 0.15) is 0 Å². The second-order valence-corrected chi connectivity index (χ2v) is 5.36. The Balaban J connectivity index is 2.23. The Morgan fingerprint density at radius 2 is 1.92 bits per heavy atom. The van der Waals surface area contributed by atoms with Gasteiger partial charge in [-0.05, 0) is 37.0 Å². The molecule has 0 saturated heterocycles. The van der Waals surface area contributed by atoms with Gasteiger partial charge in [0.2, 0.25) is 0 Å². The minimum absolute atomic E-state index is 0.00681. The number of hydrogen-bond donors (Lipinski definition) is 1. The number of aliphatic hydroxyl groups excluding tert-OH is 1. The molecule has 1 heteroatoms. The molecule has 72 valence electrons. The lowest BCUT2D eigenvalue weighted by Crippen LogP contribution is -2.16. The zero-order valence-corrected chi connectivity index (χ0v) is 8.64. The average Bonchev–Trinajstić information content (AvgIpc) is 2.29. The van der Waals surface area contributed by atoms with Crippen molar-refractivity contribution >= 4 is 0 Å². The highest BCUT2D eigenvalue weighted by Crippen LogP contribution is 2.33. The second kappa shape index (κ2) is 3.78. The smallest absolute Gasteiger partial charge is 0.0568 e. The van der Waals surface area contributed by atoms with Gasteiger partial charge in [-0.15, -0.1) is 0 Å². The van der Waals surface area contributed by atoms with Crippen molar-refractivity contribution < 1.29 is 5.11 Å². The first-order chi connectivity index (χ1) is 5.49. The van der Waals surface area contributed by atoms with E-state index in [1.54, 1.807) is 0 Å². The standard InChI is InChI=1S/C11H22O/c1-11(2,3)8-7-9-5-4-6-10(9)12/h9-10,12H,4-8H2,1-3H3/t9-,10+/m0/s1. The molecule has 1 N–H and O–H groups in total. The van der Waals surface area contributed by atoms with Gasteiger partial charge in [-0.2, -0.15) is 0 Å². The summed E-state index contributed by atoms with van der Waals surface area (Å²) in [5, 5.41) is 9.59. The van der Waals surface area contributed by atoms with Crippen LogP contribution in [-0.2, 0) is 0 Å². The van der Waals surface area contributed by atoms with E-state index in [0.717, 1.165) is 6.42 Å². The molecule has 0 amide bonds. The lowest BCUT2D eigenvalue weighted by atomic mass is 9.86. The number of rotatable bonds is 2. The van der Waals surface area contributed by atoms with E-state index in [1.165, 1.54) is 25.7 Å². The Labute approximate surface area is 76.2 Å². The third kappa shape index (κ3) is 3.14. The van der Waals surface area contributed by atoms with Gasteiger partial charge in [0.25, 0.3) is 0 Å². The van der Waals surface area contributed by atoms with Crippen LogP contribution in [0.3, 0.4) is 0 Å². The summed E-state index contributed by atoms with van der Waals surface area (Å²) in [7, 11) is 0. The monoisotopic (exact) mass is 170 g/mol. The van der Waals surface area contributed by atoms with Gasteiger partial charge < -0.3 is 5.11 Å². The predicted molar refractivity (Wildman–Crippen MR) is 52.0 cm³/mol. The molecule has 0 heterocycles. The molecular formula is C11H22O. The first kappa shape index (κ1) is 10.0. The summed E-state index contributed by atoms with van der Waals surface area (Å²) >= 11 is 0. The molecule has 0 aliphatic heterocycles. The first-order valence-electron chi connectivity index (χ1n) is 5.17. The van der Waals surface area contributed by atoms with Crippen LogP contribution in [0, 0.1) is 11.3 Å². The third-order valence-electron chi connectivity index (χ3n) is 2.88. The fraction of sp³-hybridized carbons (Fsp3) is 1.00. The van der Waals surface area contributed by atoms with Crippen LogP contribution in [-0.4, -0.2) is 11.2 Å². The predicted octanol–water partition coefficient (Wildman–Crippen LogP) is 2.97. The second-order valence-electron chi connectivity index (χ2n) is 5.36. The van der Waals surface area contributed by atoms with Crippen LogP contribution >= 0.6 is 0 Å². The van der Waals surface area contributed by atoms with Crippen LogP contribution in [0.5, 0.6) is 0 Å². The summed E-state index contributed by atoms with van der Waals surface area (Å²) in [4.78, 5) is 0. The summed E-state index contributed by atoms with van der Waals surface area (Å²) in [6, 6.07) is 0. The van der Waals surface area contributed by atoms with Gasteiger partial charge in [-0.25, -0.2) is 0 Å². The molecule has 0 spiro atoms. The molecule has 1 rings (SSSR count). The minimum Gasteiger partial charge on any atom is -0.393 e. The van der Waals surface area contributed by atoms with E-state index in [1.807, 2.05) is 0 Å². The molecular weight excluding hydrogens is 148 g/mol. The van der Waals surface area contributed by atoms with Crippen molar-refractivity contribution in [3.63, 3.8) is 0 Å². The zero-order valence-electron chi connectivity index (χ0n) is 8.64. The molecule has 0 aromatic heterocycles. The van der Waals surface area contributed by atoms with Crippen molar-refractivity contribution in [1.29, 1.82) is 0 Å². The van der Waals surface area contributed by atoms with Crippen molar-refractivity contribution in [3.8, 4) is 0 Å². The summed E-state index contributed by atoms with van der Waals surface area (Å²) in [6.07, 6.45) is 5.98. The van der Waals surface area contributed by atoms with Crippen molar-refractivity contribution in [2.75, 3.05) is 0 Å². The number of aliphatic hydroxyl groups is 1. The van der Waals surface area contributed by atoms with E-state index in [-0.39, 0.29) is 6.10 Å². The SMILES string of the molecule is CC(C)(C)CC[C@@H]1CCC[C@H]1O. The van der Waals surface area contributed by atoms with E-state index in [9.17, 15) is 5.11 Å². The molecule has 0 bridgehead atoms. The van der Waals surface area contributed by atoms with Crippen LogP contribution in [0.2, 0.25) is 0 Å². The van der Waals surface area contributed by atoms with Gasteiger partial charge in [0, 0.05) is 0 Å². The van der Waals surface area contributed by atoms with Crippen LogP contribution in [0.15, 0.2) is 0 Å². The molecule has 1 fully saturated rings. The van der Waals surface area contributed by atoms with Gasteiger partial charge in [-0.3, -0.25) is 0 Å². The summed E-state index contributed by atoms with van der Waals surface area (Å²) in [5.41, 5.74) is 0.433. The Bertz CT molecular complexity index is 134. The van der Waals surface area contributed by atoms with Crippen molar-refractivity contribution in [3.05, 3.63) is 0 Å². The molecule has 0 aromatic carbocycles. The van der Waals surface area contributed by atoms with Gasteiger partial charge in [0.05, 0.1) is 6.10 Å². The minimum atomic E-state index is 0.00681. The Hall–Kier alpha value is -0.0400. The van der Waals surface area contributed by atoms with E-state index >= 15 is 0 Å². The van der Waals surface area contributed by atoms with E-state index in [4.69, 9.17) is 0 Å². The summed E-state index contributed by atoms with van der Waals surface area (Å²) in [6.45, 7) is 6.82. The van der Waals surface area contributed by atoms with Crippen molar-refractivity contribution in [2.24, 2.45) is 11.3 Å². The van der Waals surface area contributed by atoms with Gasteiger partial charge in [0.15, 0.2) is 0 Å². The highest BCUT2D eigenvalue weighted by atomic mass is 16.3. The molecule has 1 aliphatic rings. The Morgan fingerprint density at radius 3 is 2.33 bits per heavy atom. The number of hydrogen-bond acceptors (Lipinski definition) is 1. The Kier molecular flexibility index (Phi) is 3.16. The third-order valence-corrected chi connectivity index (χ3v) is 2.88. The average molecular weight is 170 g/mol. The molecule has 0 unspecified atom stereocenters. The molecule has 12 heavy (non-hydrogen) atoms. The summed E-state index contributed by atoms with van der Waals surface area (Å²) in [5.74, 6) is 0.601. The quantitative estimate of drug-likeness (QED) is 0.675. The van der Waals surface area contributed by atoms with Crippen LogP contribution in [0.1, 0.15) is 52.9 Å². The molecule has 1 nitrogen and oxygen atoms in total. The van der Waals surface area contributed by atoms with Crippen LogP contribution in [0.25, 0.3) is 0 Å². The zero-order chi connectivity index (χ0) is 9.19. The molecule has 0 radical (unpaired) electrons. The fourth-order valence-electron chi connectivity index (χ4n) is 1.97. The lowest BCUT2D eigenvalue weighted by Gasteiger charge is -2.22. The van der Waals surface area contributed by atoms with E-state index < -0.39 is 0 Å². The van der Waals surface area contributed by atoms with Gasteiger partial charge in [-0.1, -0.05) is 27.2 Å². The van der Waals surface area contributed by atoms with E-state index in [0.29, 0.717) is 11.3 Å². The topological polar surface area (TPSA) is 20.2 Å². The maximum absolute atomic E-state index is 9.59. The van der Waals surface area contributed by atoms with Crippen LogP contribution in [0.4, 0.5) is 0 Å². The Morgan fingerprint density at radius 1 is 1.25 bits per heavy atom. The van der Waals surface area contributed by atoms with E-state index in [2.05, 4.69) is 20.8 Å². The van der Waals surface area contributed by atoms with Crippen molar-refractivity contribution in [1.82, 2.24) is 0 Å². The molecule has 1 aliphatic carbocycles. The maximum Gasteiger partial charge on any atom is 0.0568 e. The highest BCUT2D eigenvalue weighted by molar-refractivity contribution is 4.78. The van der Waals surface area contributed by atoms with Crippen LogP contribution < -0.4 is 0 Å². The normalized spacial score (nSPS) is 31.0. The maximum atomic E-state index is 9.59. The molecule has 2 atom stereocenters. The molecule has 0 aromatic rings. The largest absolute Gasteiger partial charge is 0.393 e. The molecule has 1 saturated carbocycles. The van der Waals surface area contributed by atoms with Gasteiger partial charge >= 0.3 is 0 Å². The fourth-order valence-corrected chi connectivity index (χ4v) is 1.97. The first-order valence-corrected chi connectivity index (χ1v) is 5.17. The lowest BCUT2D eigenvalue weighted by molar-refractivity contribution is 0.120. The summed E-state index contributed by atoms with van der Waals surface area (Å²) < 4.78 is 0.